The highest BCUT2D eigenvalue weighted by Crippen LogP contribution is 2.34. The minimum atomic E-state index is -1.26. The first-order valence-corrected chi connectivity index (χ1v) is 7.33. The zero-order chi connectivity index (χ0) is 14.8. The lowest BCUT2D eigenvalue weighted by Crippen LogP contribution is -2.39. The van der Waals surface area contributed by atoms with Gasteiger partial charge in [-0.15, -0.1) is 0 Å². The molecule has 5 heteroatoms. The van der Waals surface area contributed by atoms with Crippen molar-refractivity contribution in [2.75, 3.05) is 6.54 Å². The van der Waals surface area contributed by atoms with Gasteiger partial charge in [-0.05, 0) is 62.7 Å². The van der Waals surface area contributed by atoms with Crippen molar-refractivity contribution in [1.82, 2.24) is 5.32 Å². The molecule has 1 aromatic carbocycles. The Labute approximate surface area is 127 Å². The fourth-order valence-corrected chi connectivity index (χ4v) is 2.23. The van der Waals surface area contributed by atoms with Crippen LogP contribution in [0.5, 0.6) is 0 Å². The number of aliphatic hydroxyl groups is 1. The van der Waals surface area contributed by atoms with Gasteiger partial charge in [-0.1, -0.05) is 17.7 Å². The van der Waals surface area contributed by atoms with Crippen LogP contribution in [0.4, 0.5) is 4.39 Å². The second-order valence-corrected chi connectivity index (χ2v) is 7.16. The number of benzene rings is 1. The van der Waals surface area contributed by atoms with Gasteiger partial charge in [-0.25, -0.2) is 4.39 Å². The summed E-state index contributed by atoms with van der Waals surface area (Å²) in [6.07, 6.45) is 0.402. The second-order valence-electron chi connectivity index (χ2n) is 5.92. The molecule has 0 radical (unpaired) electrons. The Hall–Kier alpha value is -0.160. The molecule has 2 N–H and O–H groups in total. The van der Waals surface area contributed by atoms with E-state index in [1.165, 1.54) is 0 Å². The minimum absolute atomic E-state index is 0.00144. The molecular formula is C14H20BrClFNO. The van der Waals surface area contributed by atoms with Gasteiger partial charge < -0.3 is 10.4 Å². The van der Waals surface area contributed by atoms with Crippen molar-refractivity contribution in [2.45, 2.75) is 45.3 Å². The lowest BCUT2D eigenvalue weighted by molar-refractivity contribution is 0.0427. The molecule has 0 fully saturated rings. The van der Waals surface area contributed by atoms with Crippen molar-refractivity contribution < 1.29 is 9.50 Å². The van der Waals surface area contributed by atoms with Crippen LogP contribution in [0.15, 0.2) is 16.6 Å². The second kappa shape index (κ2) is 6.08. The molecule has 108 valence electrons. The zero-order valence-electron chi connectivity index (χ0n) is 11.7. The van der Waals surface area contributed by atoms with Crippen LogP contribution in [0, 0.1) is 5.82 Å². The van der Waals surface area contributed by atoms with Crippen LogP contribution in [0.2, 0.25) is 5.02 Å². The first-order chi connectivity index (χ1) is 8.54. The molecule has 1 unspecified atom stereocenters. The molecule has 1 atom stereocenters. The smallest absolute Gasteiger partial charge is 0.149 e. The summed E-state index contributed by atoms with van der Waals surface area (Å²) in [5.41, 5.74) is -1.07. The molecular weight excluding hydrogens is 333 g/mol. The van der Waals surface area contributed by atoms with Gasteiger partial charge in [0.25, 0.3) is 0 Å². The van der Waals surface area contributed by atoms with Gasteiger partial charge in [0.2, 0.25) is 0 Å². The Morgan fingerprint density at radius 3 is 2.42 bits per heavy atom. The Kier molecular flexibility index (Phi) is 5.41. The predicted octanol–water partition coefficient (Wildman–Crippen LogP) is 4.23. The molecule has 0 spiro atoms. The molecule has 0 aliphatic rings. The summed E-state index contributed by atoms with van der Waals surface area (Å²) in [7, 11) is 0. The number of hydrogen-bond acceptors (Lipinski definition) is 2. The van der Waals surface area contributed by atoms with Gasteiger partial charge in [0.1, 0.15) is 5.82 Å². The highest BCUT2D eigenvalue weighted by atomic mass is 79.9. The van der Waals surface area contributed by atoms with E-state index in [-0.39, 0.29) is 16.1 Å². The number of rotatable bonds is 4. The van der Waals surface area contributed by atoms with Gasteiger partial charge in [-0.3, -0.25) is 0 Å². The average molecular weight is 353 g/mol. The summed E-state index contributed by atoms with van der Waals surface area (Å²) in [5.74, 6) is -0.572. The van der Waals surface area contributed by atoms with Crippen LogP contribution in [-0.2, 0) is 5.60 Å². The molecule has 1 rings (SSSR count). The fourth-order valence-electron chi connectivity index (χ4n) is 1.76. The van der Waals surface area contributed by atoms with Crippen LogP contribution >= 0.6 is 27.5 Å². The van der Waals surface area contributed by atoms with Gasteiger partial charge in [0, 0.05) is 15.6 Å². The molecule has 0 aliphatic heterocycles. The third-order valence-corrected chi connectivity index (χ3v) is 4.14. The SMILES string of the molecule is CC(C)(C)NCCC(C)(O)c1ccc(Br)c(Cl)c1F. The number of nitrogens with one attached hydrogen (secondary N) is 1. The van der Waals surface area contributed by atoms with Crippen LogP contribution < -0.4 is 5.32 Å². The molecule has 0 aliphatic carbocycles. The van der Waals surface area contributed by atoms with E-state index in [1.807, 2.05) is 20.8 Å². The third kappa shape index (κ3) is 4.71. The highest BCUT2D eigenvalue weighted by Gasteiger charge is 2.28. The lowest BCUT2D eigenvalue weighted by atomic mass is 9.91. The van der Waals surface area contributed by atoms with Crippen molar-refractivity contribution in [3.05, 3.63) is 33.0 Å². The van der Waals surface area contributed by atoms with Crippen molar-refractivity contribution >= 4 is 27.5 Å². The average Bonchev–Trinajstić information content (AvgIpc) is 2.23. The Balaban J connectivity index is 2.86. The predicted molar refractivity (Wildman–Crippen MR) is 81.1 cm³/mol. The maximum Gasteiger partial charge on any atom is 0.149 e. The highest BCUT2D eigenvalue weighted by molar-refractivity contribution is 9.10. The maximum absolute atomic E-state index is 14.1. The summed E-state index contributed by atoms with van der Waals surface area (Å²) in [5, 5.41) is 13.7. The van der Waals surface area contributed by atoms with Gasteiger partial charge in [0.05, 0.1) is 10.6 Å². The number of halogens is 3. The van der Waals surface area contributed by atoms with Crippen molar-refractivity contribution in [2.24, 2.45) is 0 Å². The van der Waals surface area contributed by atoms with Crippen molar-refractivity contribution in [1.29, 1.82) is 0 Å². The Bertz CT molecular complexity index is 457. The topological polar surface area (TPSA) is 32.3 Å². The largest absolute Gasteiger partial charge is 0.385 e. The summed E-state index contributed by atoms with van der Waals surface area (Å²) < 4.78 is 14.6. The van der Waals surface area contributed by atoms with E-state index in [0.29, 0.717) is 17.4 Å². The summed E-state index contributed by atoms with van der Waals surface area (Å²) in [6, 6.07) is 3.20. The van der Waals surface area contributed by atoms with Crippen LogP contribution in [0.3, 0.4) is 0 Å². The molecule has 0 saturated heterocycles. The lowest BCUT2D eigenvalue weighted by Gasteiger charge is -2.28. The normalized spacial score (nSPS) is 15.4. The summed E-state index contributed by atoms with van der Waals surface area (Å²) >= 11 is 9.01. The van der Waals surface area contributed by atoms with E-state index in [2.05, 4.69) is 21.2 Å². The van der Waals surface area contributed by atoms with Crippen LogP contribution in [0.25, 0.3) is 0 Å². The summed E-state index contributed by atoms with van der Waals surface area (Å²) in [4.78, 5) is 0. The molecule has 0 saturated carbocycles. The maximum atomic E-state index is 14.1. The monoisotopic (exact) mass is 351 g/mol. The number of hydrogen-bond donors (Lipinski definition) is 2. The molecule has 0 bridgehead atoms. The zero-order valence-corrected chi connectivity index (χ0v) is 14.0. The Morgan fingerprint density at radius 2 is 1.89 bits per heavy atom. The fraction of sp³-hybridized carbons (Fsp3) is 0.571. The van der Waals surface area contributed by atoms with Crippen LogP contribution in [-0.4, -0.2) is 17.2 Å². The third-order valence-electron chi connectivity index (χ3n) is 2.88. The first-order valence-electron chi connectivity index (χ1n) is 6.16. The summed E-state index contributed by atoms with van der Waals surface area (Å²) in [6.45, 7) is 8.31. The molecule has 1 aromatic rings. The van der Waals surface area contributed by atoms with Gasteiger partial charge in [0.15, 0.2) is 0 Å². The van der Waals surface area contributed by atoms with E-state index in [9.17, 15) is 9.50 Å². The van der Waals surface area contributed by atoms with E-state index in [0.717, 1.165) is 0 Å². The molecule has 19 heavy (non-hydrogen) atoms. The standard InChI is InChI=1S/C14H20BrClFNO/c1-13(2,3)18-8-7-14(4,19)9-5-6-10(15)11(16)12(9)17/h5-6,18-19H,7-8H2,1-4H3. The van der Waals surface area contributed by atoms with Crippen molar-refractivity contribution in [3.8, 4) is 0 Å². The quantitative estimate of drug-likeness (QED) is 0.795. The van der Waals surface area contributed by atoms with Gasteiger partial charge >= 0.3 is 0 Å². The van der Waals surface area contributed by atoms with E-state index < -0.39 is 11.4 Å². The van der Waals surface area contributed by atoms with E-state index >= 15 is 0 Å². The van der Waals surface area contributed by atoms with E-state index in [4.69, 9.17) is 11.6 Å². The molecule has 2 nitrogen and oxygen atoms in total. The van der Waals surface area contributed by atoms with Gasteiger partial charge in [-0.2, -0.15) is 0 Å². The molecule has 0 amide bonds. The van der Waals surface area contributed by atoms with Crippen LogP contribution in [0.1, 0.15) is 39.7 Å². The van der Waals surface area contributed by atoms with Crippen molar-refractivity contribution in [3.63, 3.8) is 0 Å². The molecule has 0 aromatic heterocycles. The first kappa shape index (κ1) is 16.9. The van der Waals surface area contributed by atoms with E-state index in [1.54, 1.807) is 19.1 Å². The molecule has 0 heterocycles. The minimum Gasteiger partial charge on any atom is -0.385 e. The Morgan fingerprint density at radius 1 is 1.32 bits per heavy atom.